The van der Waals surface area contributed by atoms with E-state index in [0.717, 1.165) is 12.3 Å². The lowest BCUT2D eigenvalue weighted by atomic mass is 9.84. The minimum atomic E-state index is 0.182. The Labute approximate surface area is 106 Å². The van der Waals surface area contributed by atoms with Crippen molar-refractivity contribution in [2.45, 2.75) is 77.9 Å². The lowest BCUT2D eigenvalue weighted by Crippen LogP contribution is -2.47. The fourth-order valence-electron chi connectivity index (χ4n) is 3.89. The van der Waals surface area contributed by atoms with Gasteiger partial charge in [0, 0.05) is 18.0 Å². The monoisotopic (exact) mass is 237 g/mol. The number of carbonyl (C=O) groups is 1. The van der Waals surface area contributed by atoms with Gasteiger partial charge in [0.15, 0.2) is 5.78 Å². The van der Waals surface area contributed by atoms with Gasteiger partial charge in [0.05, 0.1) is 6.04 Å². The topological polar surface area (TPSA) is 20.3 Å². The summed E-state index contributed by atoms with van der Waals surface area (Å²) in [5.74, 6) is 1.44. The van der Waals surface area contributed by atoms with Crippen LogP contribution in [0.4, 0.5) is 0 Å². The molecule has 1 saturated carbocycles. The zero-order valence-corrected chi connectivity index (χ0v) is 11.8. The minimum absolute atomic E-state index is 0.182. The Morgan fingerprint density at radius 1 is 1.12 bits per heavy atom. The molecule has 0 amide bonds. The van der Waals surface area contributed by atoms with Crippen LogP contribution in [-0.2, 0) is 4.79 Å². The molecule has 0 aromatic carbocycles. The van der Waals surface area contributed by atoms with Crippen molar-refractivity contribution in [2.75, 3.05) is 0 Å². The molecule has 98 valence electrons. The van der Waals surface area contributed by atoms with Gasteiger partial charge in [0.25, 0.3) is 0 Å². The molecule has 1 saturated heterocycles. The number of rotatable bonds is 3. The number of likely N-dealkylation sites (tertiary alicyclic amines) is 1. The van der Waals surface area contributed by atoms with Crippen LogP contribution >= 0.6 is 0 Å². The largest absolute Gasteiger partial charge is 0.298 e. The van der Waals surface area contributed by atoms with Gasteiger partial charge in [-0.25, -0.2) is 0 Å². The standard InChI is InChI=1S/C15H27NO/c1-10(2)15(17)14-9-12-7-5-6-8-13(12)16(14)11(3)4/h10-14H,5-9H2,1-4H3/t12?,13?,14-/m0/s1. The first kappa shape index (κ1) is 13.1. The quantitative estimate of drug-likeness (QED) is 0.751. The van der Waals surface area contributed by atoms with Gasteiger partial charge in [-0.3, -0.25) is 9.69 Å². The van der Waals surface area contributed by atoms with Gasteiger partial charge in [-0.05, 0) is 39.0 Å². The number of fused-ring (bicyclic) bond motifs is 1. The lowest BCUT2D eigenvalue weighted by Gasteiger charge is -2.36. The summed E-state index contributed by atoms with van der Waals surface area (Å²) in [4.78, 5) is 14.9. The number of hydrogen-bond donors (Lipinski definition) is 0. The first-order chi connectivity index (χ1) is 8.02. The van der Waals surface area contributed by atoms with Crippen LogP contribution < -0.4 is 0 Å². The molecule has 0 N–H and O–H groups in total. The van der Waals surface area contributed by atoms with Gasteiger partial charge in [0.2, 0.25) is 0 Å². The van der Waals surface area contributed by atoms with Crippen molar-refractivity contribution in [2.24, 2.45) is 11.8 Å². The van der Waals surface area contributed by atoms with E-state index in [1.165, 1.54) is 25.7 Å². The maximum Gasteiger partial charge on any atom is 0.152 e. The number of nitrogens with zero attached hydrogens (tertiary/aromatic N) is 1. The zero-order valence-electron chi connectivity index (χ0n) is 11.8. The molecular formula is C15H27NO. The summed E-state index contributed by atoms with van der Waals surface area (Å²) < 4.78 is 0. The zero-order chi connectivity index (χ0) is 12.6. The summed E-state index contributed by atoms with van der Waals surface area (Å²) in [5, 5.41) is 0. The third-order valence-electron chi connectivity index (χ3n) is 4.63. The Balaban J connectivity index is 2.18. The highest BCUT2D eigenvalue weighted by molar-refractivity contribution is 5.86. The van der Waals surface area contributed by atoms with Gasteiger partial charge in [-0.15, -0.1) is 0 Å². The van der Waals surface area contributed by atoms with Gasteiger partial charge in [-0.1, -0.05) is 26.7 Å². The van der Waals surface area contributed by atoms with Crippen LogP contribution in [0.15, 0.2) is 0 Å². The molecule has 3 atom stereocenters. The fraction of sp³-hybridized carbons (Fsp3) is 0.933. The third-order valence-corrected chi connectivity index (χ3v) is 4.63. The third kappa shape index (κ3) is 2.42. The van der Waals surface area contributed by atoms with Crippen LogP contribution in [-0.4, -0.2) is 28.8 Å². The number of Topliss-reactive ketones (excluding diaryl/α,β-unsaturated/α-hetero) is 1. The molecule has 1 heterocycles. The maximum absolute atomic E-state index is 12.4. The fourth-order valence-corrected chi connectivity index (χ4v) is 3.89. The van der Waals surface area contributed by atoms with E-state index in [0.29, 0.717) is 17.9 Å². The first-order valence-electron chi connectivity index (χ1n) is 7.33. The molecule has 2 nitrogen and oxygen atoms in total. The first-order valence-corrected chi connectivity index (χ1v) is 7.33. The van der Waals surface area contributed by atoms with Crippen LogP contribution in [0.2, 0.25) is 0 Å². The van der Waals surface area contributed by atoms with Crippen LogP contribution in [0, 0.1) is 11.8 Å². The summed E-state index contributed by atoms with van der Waals surface area (Å²) in [6.45, 7) is 8.58. The molecule has 0 bridgehead atoms. The Morgan fingerprint density at radius 3 is 2.35 bits per heavy atom. The molecule has 2 heteroatoms. The Bertz CT molecular complexity index is 285. The molecule has 2 unspecified atom stereocenters. The van der Waals surface area contributed by atoms with Gasteiger partial charge in [0.1, 0.15) is 0 Å². The Kier molecular flexibility index (Phi) is 3.92. The SMILES string of the molecule is CC(C)C(=O)[C@@H]1CC2CCCCC2N1C(C)C. The summed E-state index contributed by atoms with van der Waals surface area (Å²) in [5.41, 5.74) is 0. The summed E-state index contributed by atoms with van der Waals surface area (Å²) in [7, 11) is 0. The number of carbonyl (C=O) groups excluding carboxylic acids is 1. The van der Waals surface area contributed by atoms with E-state index in [1.807, 2.05) is 13.8 Å². The van der Waals surface area contributed by atoms with E-state index in [4.69, 9.17) is 0 Å². The van der Waals surface area contributed by atoms with Gasteiger partial charge in [-0.2, -0.15) is 0 Å². The van der Waals surface area contributed by atoms with E-state index in [9.17, 15) is 4.79 Å². The van der Waals surface area contributed by atoms with Crippen molar-refractivity contribution >= 4 is 5.78 Å². The Morgan fingerprint density at radius 2 is 1.76 bits per heavy atom. The second-order valence-electron chi connectivity index (χ2n) is 6.46. The molecular weight excluding hydrogens is 210 g/mol. The van der Waals surface area contributed by atoms with Crippen LogP contribution in [0.3, 0.4) is 0 Å². The molecule has 0 spiro atoms. The van der Waals surface area contributed by atoms with E-state index in [2.05, 4.69) is 18.7 Å². The highest BCUT2D eigenvalue weighted by atomic mass is 16.1. The van der Waals surface area contributed by atoms with E-state index in [-0.39, 0.29) is 12.0 Å². The summed E-state index contributed by atoms with van der Waals surface area (Å²) in [6.07, 6.45) is 6.50. The van der Waals surface area contributed by atoms with Crippen LogP contribution in [0.1, 0.15) is 59.8 Å². The maximum atomic E-state index is 12.4. The molecule has 1 aliphatic carbocycles. The number of hydrogen-bond acceptors (Lipinski definition) is 2. The number of ketones is 1. The molecule has 2 rings (SSSR count). The molecule has 0 aromatic rings. The van der Waals surface area contributed by atoms with Crippen molar-refractivity contribution < 1.29 is 4.79 Å². The van der Waals surface area contributed by atoms with Crippen molar-refractivity contribution in [3.63, 3.8) is 0 Å². The molecule has 2 fully saturated rings. The predicted octanol–water partition coefficient (Wildman–Crippen LogP) is 3.25. The molecule has 2 aliphatic rings. The van der Waals surface area contributed by atoms with Crippen LogP contribution in [0.5, 0.6) is 0 Å². The van der Waals surface area contributed by atoms with Crippen molar-refractivity contribution in [1.29, 1.82) is 0 Å². The predicted molar refractivity (Wildman–Crippen MR) is 71.0 cm³/mol. The van der Waals surface area contributed by atoms with E-state index in [1.54, 1.807) is 0 Å². The molecule has 0 aromatic heterocycles. The highest BCUT2D eigenvalue weighted by Crippen LogP contribution is 2.41. The average molecular weight is 237 g/mol. The second kappa shape index (κ2) is 5.09. The second-order valence-corrected chi connectivity index (χ2v) is 6.46. The molecule has 1 aliphatic heterocycles. The summed E-state index contributed by atoms with van der Waals surface area (Å²) >= 11 is 0. The highest BCUT2D eigenvalue weighted by Gasteiger charge is 2.45. The van der Waals surface area contributed by atoms with E-state index < -0.39 is 0 Å². The van der Waals surface area contributed by atoms with Crippen molar-refractivity contribution in [1.82, 2.24) is 4.90 Å². The minimum Gasteiger partial charge on any atom is -0.298 e. The van der Waals surface area contributed by atoms with Gasteiger partial charge < -0.3 is 0 Å². The average Bonchev–Trinajstić information content (AvgIpc) is 2.66. The van der Waals surface area contributed by atoms with E-state index >= 15 is 0 Å². The van der Waals surface area contributed by atoms with Crippen LogP contribution in [0.25, 0.3) is 0 Å². The lowest BCUT2D eigenvalue weighted by molar-refractivity contribution is -0.127. The molecule has 17 heavy (non-hydrogen) atoms. The summed E-state index contributed by atoms with van der Waals surface area (Å²) in [6, 6.07) is 1.41. The Hall–Kier alpha value is -0.370. The van der Waals surface area contributed by atoms with Crippen molar-refractivity contribution in [3.8, 4) is 0 Å². The van der Waals surface area contributed by atoms with Gasteiger partial charge >= 0.3 is 0 Å². The molecule has 0 radical (unpaired) electrons. The smallest absolute Gasteiger partial charge is 0.152 e. The normalized spacial score (nSPS) is 34.4. The van der Waals surface area contributed by atoms with Crippen molar-refractivity contribution in [3.05, 3.63) is 0 Å².